The fourth-order valence-electron chi connectivity index (χ4n) is 1.65. The van der Waals surface area contributed by atoms with Crippen molar-refractivity contribution in [1.82, 2.24) is 5.43 Å². The summed E-state index contributed by atoms with van der Waals surface area (Å²) in [7, 11) is -2.91. The third-order valence-electron chi connectivity index (χ3n) is 2.70. The zero-order valence-electron chi connectivity index (χ0n) is 10.1. The highest BCUT2D eigenvalue weighted by molar-refractivity contribution is 7.90. The summed E-state index contributed by atoms with van der Waals surface area (Å²) >= 11 is 0. The van der Waals surface area contributed by atoms with Crippen LogP contribution in [0.2, 0.25) is 0 Å². The van der Waals surface area contributed by atoms with Crippen LogP contribution in [-0.2, 0) is 16.3 Å². The van der Waals surface area contributed by atoms with Gasteiger partial charge in [-0.25, -0.2) is 8.42 Å². The van der Waals surface area contributed by atoms with Gasteiger partial charge in [0.25, 0.3) is 0 Å². The second-order valence-electron chi connectivity index (χ2n) is 4.31. The highest BCUT2D eigenvalue weighted by Crippen LogP contribution is 2.07. The maximum Gasteiger partial charge on any atom is 0.147 e. The van der Waals surface area contributed by atoms with Crippen LogP contribution in [0.1, 0.15) is 18.4 Å². The summed E-state index contributed by atoms with van der Waals surface area (Å²) in [5.74, 6) is 5.60. The summed E-state index contributed by atoms with van der Waals surface area (Å²) in [5.41, 5.74) is 3.92. The fourth-order valence-corrected chi connectivity index (χ4v) is 2.37. The molecule has 5 heteroatoms. The number of hydrogen-bond donors (Lipinski definition) is 2. The minimum Gasteiger partial charge on any atom is -0.271 e. The lowest BCUT2D eigenvalue weighted by Crippen LogP contribution is -2.36. The van der Waals surface area contributed by atoms with Gasteiger partial charge in [0.15, 0.2) is 0 Å². The van der Waals surface area contributed by atoms with E-state index in [2.05, 4.69) is 17.6 Å². The molecule has 0 fully saturated rings. The van der Waals surface area contributed by atoms with Crippen LogP contribution in [0.4, 0.5) is 0 Å². The molecule has 0 heterocycles. The number of sulfone groups is 1. The molecule has 1 atom stereocenters. The van der Waals surface area contributed by atoms with Crippen molar-refractivity contribution in [3.8, 4) is 0 Å². The Kier molecular flexibility index (Phi) is 5.61. The molecule has 0 aliphatic carbocycles. The van der Waals surface area contributed by atoms with E-state index in [1.54, 1.807) is 0 Å². The molecule has 1 unspecified atom stereocenters. The maximum absolute atomic E-state index is 11.1. The lowest BCUT2D eigenvalue weighted by Gasteiger charge is -2.15. The van der Waals surface area contributed by atoms with E-state index in [0.29, 0.717) is 6.42 Å². The van der Waals surface area contributed by atoms with E-state index in [4.69, 9.17) is 5.84 Å². The summed E-state index contributed by atoms with van der Waals surface area (Å²) in [6.07, 6.45) is 3.55. The Hall–Kier alpha value is -0.910. The molecule has 0 saturated carbocycles. The molecule has 0 spiro atoms. The van der Waals surface area contributed by atoms with Gasteiger partial charge in [0, 0.05) is 12.3 Å². The standard InChI is InChI=1S/C12H20N2O2S/c1-17(15,16)10-9-12(14-13)8-7-11-5-3-2-4-6-11/h2-6,12,14H,7-10,13H2,1H3. The van der Waals surface area contributed by atoms with Crippen LogP contribution in [-0.4, -0.2) is 26.5 Å². The van der Waals surface area contributed by atoms with Crippen molar-refractivity contribution < 1.29 is 8.42 Å². The first kappa shape index (κ1) is 14.2. The monoisotopic (exact) mass is 256 g/mol. The van der Waals surface area contributed by atoms with Crippen LogP contribution in [0, 0.1) is 0 Å². The minimum atomic E-state index is -2.91. The zero-order chi connectivity index (χ0) is 12.7. The Morgan fingerprint density at radius 3 is 2.41 bits per heavy atom. The predicted molar refractivity (Wildman–Crippen MR) is 70.2 cm³/mol. The zero-order valence-corrected chi connectivity index (χ0v) is 10.9. The van der Waals surface area contributed by atoms with Crippen molar-refractivity contribution in [1.29, 1.82) is 0 Å². The Balaban J connectivity index is 2.38. The van der Waals surface area contributed by atoms with Crippen LogP contribution < -0.4 is 11.3 Å². The Morgan fingerprint density at radius 2 is 1.88 bits per heavy atom. The van der Waals surface area contributed by atoms with Crippen molar-refractivity contribution in [2.75, 3.05) is 12.0 Å². The third kappa shape index (κ3) is 6.41. The SMILES string of the molecule is CS(=O)(=O)CCC(CCc1ccccc1)NN. The molecule has 1 aromatic carbocycles. The largest absolute Gasteiger partial charge is 0.271 e. The number of nitrogens with two attached hydrogens (primary N) is 1. The first-order valence-electron chi connectivity index (χ1n) is 5.69. The summed E-state index contributed by atoms with van der Waals surface area (Å²) in [6, 6.07) is 10.1. The molecule has 0 aliphatic heterocycles. The maximum atomic E-state index is 11.1. The molecule has 0 radical (unpaired) electrons. The second kappa shape index (κ2) is 6.74. The molecular formula is C12H20N2O2S. The summed E-state index contributed by atoms with van der Waals surface area (Å²) in [6.45, 7) is 0. The van der Waals surface area contributed by atoms with Crippen LogP contribution in [0.25, 0.3) is 0 Å². The van der Waals surface area contributed by atoms with Crippen molar-refractivity contribution in [3.05, 3.63) is 35.9 Å². The topological polar surface area (TPSA) is 72.2 Å². The smallest absolute Gasteiger partial charge is 0.147 e. The predicted octanol–water partition coefficient (Wildman–Crippen LogP) is 0.886. The first-order valence-corrected chi connectivity index (χ1v) is 7.75. The van der Waals surface area contributed by atoms with Crippen LogP contribution >= 0.6 is 0 Å². The van der Waals surface area contributed by atoms with Gasteiger partial charge in [-0.3, -0.25) is 11.3 Å². The second-order valence-corrected chi connectivity index (χ2v) is 6.57. The molecule has 3 N–H and O–H groups in total. The molecular weight excluding hydrogens is 236 g/mol. The quantitative estimate of drug-likeness (QED) is 0.561. The van der Waals surface area contributed by atoms with E-state index in [9.17, 15) is 8.42 Å². The molecule has 0 aliphatic rings. The Labute approximate surface area is 103 Å². The van der Waals surface area contributed by atoms with Crippen molar-refractivity contribution in [2.24, 2.45) is 5.84 Å². The van der Waals surface area contributed by atoms with E-state index < -0.39 is 9.84 Å². The molecule has 0 bridgehead atoms. The van der Waals surface area contributed by atoms with Gasteiger partial charge < -0.3 is 0 Å². The van der Waals surface area contributed by atoms with E-state index in [1.165, 1.54) is 11.8 Å². The fraction of sp³-hybridized carbons (Fsp3) is 0.500. The molecule has 0 amide bonds. The minimum absolute atomic E-state index is 0.0462. The number of benzene rings is 1. The highest BCUT2D eigenvalue weighted by Gasteiger charge is 2.10. The van der Waals surface area contributed by atoms with Crippen LogP contribution in [0.3, 0.4) is 0 Å². The van der Waals surface area contributed by atoms with Gasteiger partial charge in [-0.05, 0) is 24.8 Å². The normalized spacial score (nSPS) is 13.5. The number of hydrazine groups is 1. The number of nitrogens with one attached hydrogen (secondary N) is 1. The van der Waals surface area contributed by atoms with Crippen LogP contribution in [0.5, 0.6) is 0 Å². The van der Waals surface area contributed by atoms with Crippen molar-refractivity contribution in [2.45, 2.75) is 25.3 Å². The van der Waals surface area contributed by atoms with E-state index in [0.717, 1.165) is 12.8 Å². The van der Waals surface area contributed by atoms with Crippen molar-refractivity contribution in [3.63, 3.8) is 0 Å². The Morgan fingerprint density at radius 1 is 1.24 bits per heavy atom. The van der Waals surface area contributed by atoms with Gasteiger partial charge in [0.1, 0.15) is 9.84 Å². The van der Waals surface area contributed by atoms with E-state index in [-0.39, 0.29) is 11.8 Å². The first-order chi connectivity index (χ1) is 8.01. The molecule has 0 saturated heterocycles. The number of rotatable bonds is 7. The number of hydrogen-bond acceptors (Lipinski definition) is 4. The molecule has 96 valence electrons. The van der Waals surface area contributed by atoms with E-state index in [1.807, 2.05) is 18.2 Å². The average molecular weight is 256 g/mol. The van der Waals surface area contributed by atoms with Gasteiger partial charge in [-0.1, -0.05) is 30.3 Å². The highest BCUT2D eigenvalue weighted by atomic mass is 32.2. The van der Waals surface area contributed by atoms with Gasteiger partial charge in [-0.2, -0.15) is 0 Å². The number of aryl methyl sites for hydroxylation is 1. The van der Waals surface area contributed by atoms with Gasteiger partial charge in [-0.15, -0.1) is 0 Å². The third-order valence-corrected chi connectivity index (χ3v) is 3.67. The van der Waals surface area contributed by atoms with Gasteiger partial charge >= 0.3 is 0 Å². The summed E-state index contributed by atoms with van der Waals surface area (Å²) in [5, 5.41) is 0. The lowest BCUT2D eigenvalue weighted by atomic mass is 10.0. The van der Waals surface area contributed by atoms with E-state index >= 15 is 0 Å². The average Bonchev–Trinajstić information content (AvgIpc) is 2.29. The molecule has 17 heavy (non-hydrogen) atoms. The molecule has 4 nitrogen and oxygen atoms in total. The van der Waals surface area contributed by atoms with Gasteiger partial charge in [0.2, 0.25) is 0 Å². The molecule has 1 aromatic rings. The molecule has 1 rings (SSSR count). The summed E-state index contributed by atoms with van der Waals surface area (Å²) in [4.78, 5) is 0. The summed E-state index contributed by atoms with van der Waals surface area (Å²) < 4.78 is 22.1. The van der Waals surface area contributed by atoms with Gasteiger partial charge in [0.05, 0.1) is 5.75 Å². The van der Waals surface area contributed by atoms with Crippen LogP contribution in [0.15, 0.2) is 30.3 Å². The Bertz CT molecular complexity index is 417. The lowest BCUT2D eigenvalue weighted by molar-refractivity contribution is 0.479. The van der Waals surface area contributed by atoms with Crippen molar-refractivity contribution >= 4 is 9.84 Å². The molecule has 0 aromatic heterocycles.